The van der Waals surface area contributed by atoms with E-state index >= 15 is 0 Å². The van der Waals surface area contributed by atoms with E-state index in [1.165, 1.54) is 29.8 Å². The van der Waals surface area contributed by atoms with E-state index in [9.17, 15) is 23.1 Å². The summed E-state index contributed by atoms with van der Waals surface area (Å²) in [5, 5.41) is 13.7. The summed E-state index contributed by atoms with van der Waals surface area (Å²) in [6, 6.07) is 12.4. The van der Waals surface area contributed by atoms with E-state index in [0.29, 0.717) is 33.3 Å². The summed E-state index contributed by atoms with van der Waals surface area (Å²) in [7, 11) is 1.47. The largest absolute Gasteiger partial charge is 0.495 e. The van der Waals surface area contributed by atoms with Gasteiger partial charge in [-0.25, -0.2) is 14.3 Å². The molecule has 10 heteroatoms. The predicted octanol–water partition coefficient (Wildman–Crippen LogP) is 5.44. The molecule has 0 atom stereocenters. The molecule has 4 rings (SSSR count). The van der Waals surface area contributed by atoms with Crippen LogP contribution in [0, 0.1) is 0 Å². The summed E-state index contributed by atoms with van der Waals surface area (Å²) in [4.78, 5) is 15.8. The zero-order chi connectivity index (χ0) is 22.3. The number of rotatable bonds is 4. The predicted molar refractivity (Wildman–Crippen MR) is 107 cm³/mol. The van der Waals surface area contributed by atoms with Gasteiger partial charge >= 0.3 is 12.1 Å². The molecule has 0 spiro atoms. The fraction of sp³-hybridized carbons (Fsp3) is 0.0952. The molecule has 2 aromatic heterocycles. The van der Waals surface area contributed by atoms with Gasteiger partial charge in [-0.1, -0.05) is 23.7 Å². The maximum atomic E-state index is 12.9. The molecule has 1 N–H and O–H groups in total. The molecule has 31 heavy (non-hydrogen) atoms. The van der Waals surface area contributed by atoms with Crippen molar-refractivity contribution in [3.05, 3.63) is 70.9 Å². The van der Waals surface area contributed by atoms with Crippen molar-refractivity contribution >= 4 is 23.2 Å². The lowest BCUT2D eigenvalue weighted by Gasteiger charge is -2.11. The Morgan fingerprint density at radius 1 is 1.06 bits per heavy atom. The van der Waals surface area contributed by atoms with Gasteiger partial charge in [-0.15, -0.1) is 0 Å². The molecule has 0 fully saturated rings. The first kappa shape index (κ1) is 20.7. The monoisotopic (exact) mass is 447 g/mol. The van der Waals surface area contributed by atoms with Crippen molar-refractivity contribution in [2.24, 2.45) is 0 Å². The Bertz CT molecular complexity index is 1300. The number of halogens is 4. The second-order valence-electron chi connectivity index (χ2n) is 6.56. The van der Waals surface area contributed by atoms with E-state index in [1.807, 2.05) is 0 Å². The van der Waals surface area contributed by atoms with Crippen LogP contribution < -0.4 is 4.74 Å². The van der Waals surface area contributed by atoms with Crippen molar-refractivity contribution in [3.63, 3.8) is 0 Å². The second-order valence-corrected chi connectivity index (χ2v) is 6.96. The topological polar surface area (TPSA) is 76.7 Å². The van der Waals surface area contributed by atoms with Crippen molar-refractivity contribution in [2.75, 3.05) is 7.11 Å². The number of fused-ring (bicyclic) bond motifs is 1. The number of hydrogen-bond acceptors (Lipinski definition) is 4. The molecule has 0 saturated heterocycles. The first-order valence-electron chi connectivity index (χ1n) is 8.83. The van der Waals surface area contributed by atoms with Crippen LogP contribution in [0.1, 0.15) is 16.1 Å². The number of benzene rings is 2. The van der Waals surface area contributed by atoms with Crippen LogP contribution >= 0.6 is 11.6 Å². The van der Waals surface area contributed by atoms with Gasteiger partial charge in [0, 0.05) is 17.2 Å². The third-order valence-electron chi connectivity index (χ3n) is 4.60. The number of ether oxygens (including phenoxy) is 1. The van der Waals surface area contributed by atoms with Crippen molar-refractivity contribution in [1.82, 2.24) is 14.6 Å². The summed E-state index contributed by atoms with van der Waals surface area (Å²) in [5.41, 5.74) is 1.03. The Morgan fingerprint density at radius 3 is 2.32 bits per heavy atom. The van der Waals surface area contributed by atoms with Crippen LogP contribution in [0.25, 0.3) is 28.2 Å². The van der Waals surface area contributed by atoms with Crippen LogP contribution in [0.3, 0.4) is 0 Å². The summed E-state index contributed by atoms with van der Waals surface area (Å²) < 4.78 is 45.2. The first-order valence-corrected chi connectivity index (χ1v) is 9.21. The quantitative estimate of drug-likeness (QED) is 0.450. The summed E-state index contributed by atoms with van der Waals surface area (Å²) in [6.07, 6.45) is -4.46. The number of methoxy groups -OCH3 is 1. The van der Waals surface area contributed by atoms with Crippen LogP contribution in [0.2, 0.25) is 5.02 Å². The lowest BCUT2D eigenvalue weighted by atomic mass is 10.1. The molecule has 0 unspecified atom stereocenters. The normalized spacial score (nSPS) is 11.6. The van der Waals surface area contributed by atoms with Gasteiger partial charge in [-0.2, -0.15) is 18.3 Å². The third kappa shape index (κ3) is 3.91. The van der Waals surface area contributed by atoms with Gasteiger partial charge in [0.2, 0.25) is 0 Å². The number of aromatic carboxylic acids is 1. The highest BCUT2D eigenvalue weighted by Gasteiger charge is 2.30. The van der Waals surface area contributed by atoms with Crippen LogP contribution in [-0.4, -0.2) is 32.8 Å². The second kappa shape index (κ2) is 7.59. The lowest BCUT2D eigenvalue weighted by Crippen LogP contribution is -2.04. The van der Waals surface area contributed by atoms with E-state index in [0.717, 1.165) is 12.1 Å². The molecule has 2 heterocycles. The number of nitrogens with zero attached hydrogens (tertiary/aromatic N) is 3. The summed E-state index contributed by atoms with van der Waals surface area (Å²) in [6.45, 7) is 0. The van der Waals surface area contributed by atoms with E-state index in [4.69, 9.17) is 16.3 Å². The van der Waals surface area contributed by atoms with Gasteiger partial charge < -0.3 is 9.84 Å². The number of hydrogen-bond donors (Lipinski definition) is 1. The van der Waals surface area contributed by atoms with Crippen LogP contribution in [0.5, 0.6) is 5.75 Å². The molecule has 0 saturated carbocycles. The lowest BCUT2D eigenvalue weighted by molar-refractivity contribution is -0.137. The molecule has 4 aromatic rings. The molecule has 0 aliphatic rings. The summed E-state index contributed by atoms with van der Waals surface area (Å²) in [5.74, 6) is -0.786. The van der Waals surface area contributed by atoms with Crippen molar-refractivity contribution in [3.8, 4) is 28.3 Å². The van der Waals surface area contributed by atoms with Crippen LogP contribution in [0.4, 0.5) is 13.2 Å². The third-order valence-corrected chi connectivity index (χ3v) is 4.90. The van der Waals surface area contributed by atoms with Crippen LogP contribution in [-0.2, 0) is 6.18 Å². The van der Waals surface area contributed by atoms with E-state index in [-0.39, 0.29) is 11.3 Å². The Kier molecular flexibility index (Phi) is 5.06. The minimum atomic E-state index is -4.46. The minimum absolute atomic E-state index is 0.219. The molecule has 0 aliphatic heterocycles. The molecule has 2 aromatic carbocycles. The van der Waals surface area contributed by atoms with Gasteiger partial charge in [0.25, 0.3) is 0 Å². The Balaban J connectivity index is 1.92. The Labute approximate surface area is 178 Å². The van der Waals surface area contributed by atoms with E-state index in [1.54, 1.807) is 24.3 Å². The highest BCUT2D eigenvalue weighted by molar-refractivity contribution is 6.32. The standard InChI is InChI=1S/C21H13ClF3N3O3/c1-31-18-7-4-12(8-14(18)22)17-9-15(11-2-5-13(6-3-11)21(23,24)25)26-19-10-16(20(29)30)27-28(17)19/h2-10H,1H3,(H,29,30). The van der Waals surface area contributed by atoms with Crippen molar-refractivity contribution < 1.29 is 27.8 Å². The molecule has 158 valence electrons. The number of carbonyl (C=O) groups is 1. The highest BCUT2D eigenvalue weighted by Crippen LogP contribution is 2.34. The van der Waals surface area contributed by atoms with Crippen molar-refractivity contribution in [2.45, 2.75) is 6.18 Å². The number of carboxylic acids is 1. The average molecular weight is 448 g/mol. The van der Waals surface area contributed by atoms with Gasteiger partial charge in [-0.3, -0.25) is 0 Å². The van der Waals surface area contributed by atoms with Crippen molar-refractivity contribution in [1.29, 1.82) is 0 Å². The highest BCUT2D eigenvalue weighted by atomic mass is 35.5. The van der Waals surface area contributed by atoms with Crippen LogP contribution in [0.15, 0.2) is 54.6 Å². The fourth-order valence-electron chi connectivity index (χ4n) is 3.09. The molecule has 6 nitrogen and oxygen atoms in total. The maximum absolute atomic E-state index is 12.9. The Morgan fingerprint density at radius 2 is 1.74 bits per heavy atom. The van der Waals surface area contributed by atoms with Gasteiger partial charge in [-0.05, 0) is 36.4 Å². The fourth-order valence-corrected chi connectivity index (χ4v) is 3.35. The van der Waals surface area contributed by atoms with E-state index in [2.05, 4.69) is 10.1 Å². The van der Waals surface area contributed by atoms with E-state index < -0.39 is 17.7 Å². The molecule has 0 bridgehead atoms. The molecular weight excluding hydrogens is 435 g/mol. The molecular formula is C21H13ClF3N3O3. The zero-order valence-electron chi connectivity index (χ0n) is 15.8. The van der Waals surface area contributed by atoms with Gasteiger partial charge in [0.05, 0.1) is 29.1 Å². The maximum Gasteiger partial charge on any atom is 0.416 e. The SMILES string of the molecule is COc1ccc(-c2cc(-c3ccc(C(F)(F)F)cc3)nc3cc(C(=O)O)nn23)cc1Cl. The zero-order valence-corrected chi connectivity index (χ0v) is 16.6. The molecule has 0 radical (unpaired) electrons. The molecule has 0 aliphatic carbocycles. The van der Waals surface area contributed by atoms with Gasteiger partial charge in [0.1, 0.15) is 5.75 Å². The number of carboxylic acid groups (broad SMARTS) is 1. The minimum Gasteiger partial charge on any atom is -0.495 e. The van der Waals surface area contributed by atoms with Gasteiger partial charge in [0.15, 0.2) is 11.3 Å². The number of aromatic nitrogens is 3. The smallest absolute Gasteiger partial charge is 0.416 e. The first-order chi connectivity index (χ1) is 14.7. The Hall–Kier alpha value is -3.59. The average Bonchev–Trinajstić information content (AvgIpc) is 3.17. The summed E-state index contributed by atoms with van der Waals surface area (Å²) >= 11 is 6.23. The molecule has 0 amide bonds. The number of alkyl halides is 3.